The van der Waals surface area contributed by atoms with Gasteiger partial charge in [0.1, 0.15) is 5.75 Å². The van der Waals surface area contributed by atoms with E-state index >= 15 is 0 Å². The normalized spacial score (nSPS) is 11.2. The van der Waals surface area contributed by atoms with Gasteiger partial charge in [0.25, 0.3) is 9.05 Å². The van der Waals surface area contributed by atoms with Crippen LogP contribution in [0.25, 0.3) is 11.1 Å². The summed E-state index contributed by atoms with van der Waals surface area (Å²) >= 11 is 0. The Hall–Kier alpha value is -1.52. The van der Waals surface area contributed by atoms with Crippen LogP contribution in [0, 0.1) is 0 Å². The Balaban J connectivity index is 2.40. The van der Waals surface area contributed by atoms with Crippen LogP contribution < -0.4 is 4.74 Å². The topological polar surface area (TPSA) is 43.4 Å². The maximum Gasteiger partial charge on any atom is 0.261 e. The SMILES string of the molecule is COc1cccc(-c2ccc(S(=O)(=O)Cl)cc2)c1. The summed E-state index contributed by atoms with van der Waals surface area (Å²) in [7, 11) is 3.19. The van der Waals surface area contributed by atoms with E-state index in [1.54, 1.807) is 19.2 Å². The third kappa shape index (κ3) is 2.83. The van der Waals surface area contributed by atoms with Crippen LogP contribution in [0.5, 0.6) is 5.75 Å². The first-order chi connectivity index (χ1) is 8.50. The Kier molecular flexibility index (Phi) is 3.59. The van der Waals surface area contributed by atoms with Crippen LogP contribution in [0.1, 0.15) is 0 Å². The molecule has 0 aliphatic heterocycles. The highest BCUT2D eigenvalue weighted by Crippen LogP contribution is 2.25. The van der Waals surface area contributed by atoms with Gasteiger partial charge in [0, 0.05) is 10.7 Å². The molecule has 0 amide bonds. The number of hydrogen-bond acceptors (Lipinski definition) is 3. The van der Waals surface area contributed by atoms with Gasteiger partial charge in [-0.2, -0.15) is 0 Å². The van der Waals surface area contributed by atoms with E-state index in [4.69, 9.17) is 15.4 Å². The fourth-order valence-electron chi connectivity index (χ4n) is 1.61. The zero-order valence-electron chi connectivity index (χ0n) is 9.63. The first-order valence-electron chi connectivity index (χ1n) is 5.20. The van der Waals surface area contributed by atoms with E-state index in [9.17, 15) is 8.42 Å². The first-order valence-corrected chi connectivity index (χ1v) is 7.51. The Morgan fingerprint density at radius 3 is 2.22 bits per heavy atom. The molecule has 0 spiro atoms. The molecule has 2 aromatic carbocycles. The van der Waals surface area contributed by atoms with Crippen LogP contribution in [0.2, 0.25) is 0 Å². The highest BCUT2D eigenvalue weighted by molar-refractivity contribution is 8.13. The van der Waals surface area contributed by atoms with Crippen molar-refractivity contribution in [3.05, 3.63) is 48.5 Å². The molecule has 0 bridgehead atoms. The molecule has 0 unspecified atom stereocenters. The van der Waals surface area contributed by atoms with E-state index in [0.29, 0.717) is 0 Å². The molecule has 0 fully saturated rings. The van der Waals surface area contributed by atoms with Gasteiger partial charge in [-0.25, -0.2) is 8.42 Å². The molecule has 3 nitrogen and oxygen atoms in total. The molecule has 0 saturated heterocycles. The van der Waals surface area contributed by atoms with Gasteiger partial charge in [-0.3, -0.25) is 0 Å². The Labute approximate surface area is 110 Å². The van der Waals surface area contributed by atoms with Gasteiger partial charge >= 0.3 is 0 Å². The van der Waals surface area contributed by atoms with Crippen LogP contribution in [0.15, 0.2) is 53.4 Å². The lowest BCUT2D eigenvalue weighted by atomic mass is 10.1. The summed E-state index contributed by atoms with van der Waals surface area (Å²) in [5.74, 6) is 0.751. The number of methoxy groups -OCH3 is 1. The lowest BCUT2D eigenvalue weighted by Crippen LogP contribution is -1.90. The van der Waals surface area contributed by atoms with Crippen molar-refractivity contribution in [2.24, 2.45) is 0 Å². The van der Waals surface area contributed by atoms with Crippen LogP contribution in [0.4, 0.5) is 0 Å². The summed E-state index contributed by atoms with van der Waals surface area (Å²) in [5, 5.41) is 0. The summed E-state index contributed by atoms with van der Waals surface area (Å²) in [6, 6.07) is 13.9. The predicted octanol–water partition coefficient (Wildman–Crippen LogP) is 3.29. The minimum absolute atomic E-state index is 0.0933. The number of rotatable bonds is 3. The minimum Gasteiger partial charge on any atom is -0.497 e. The molecule has 94 valence electrons. The van der Waals surface area contributed by atoms with Gasteiger partial charge in [-0.15, -0.1) is 0 Å². The number of ether oxygens (including phenoxy) is 1. The zero-order valence-corrected chi connectivity index (χ0v) is 11.2. The zero-order chi connectivity index (χ0) is 13.2. The predicted molar refractivity (Wildman–Crippen MR) is 71.5 cm³/mol. The summed E-state index contributed by atoms with van der Waals surface area (Å²) in [6.07, 6.45) is 0. The van der Waals surface area contributed by atoms with Crippen LogP contribution in [-0.2, 0) is 9.05 Å². The van der Waals surface area contributed by atoms with E-state index in [1.165, 1.54) is 12.1 Å². The lowest BCUT2D eigenvalue weighted by Gasteiger charge is -2.05. The Morgan fingerprint density at radius 2 is 1.67 bits per heavy atom. The third-order valence-corrected chi connectivity index (χ3v) is 3.91. The largest absolute Gasteiger partial charge is 0.497 e. The van der Waals surface area contributed by atoms with Crippen molar-refractivity contribution in [1.82, 2.24) is 0 Å². The number of benzene rings is 2. The van der Waals surface area contributed by atoms with Crippen LogP contribution >= 0.6 is 10.7 Å². The molecule has 0 heterocycles. The monoisotopic (exact) mass is 282 g/mol. The van der Waals surface area contributed by atoms with Crippen molar-refractivity contribution in [3.63, 3.8) is 0 Å². The van der Waals surface area contributed by atoms with Gasteiger partial charge in [-0.05, 0) is 35.4 Å². The second-order valence-electron chi connectivity index (χ2n) is 3.69. The molecule has 0 aliphatic carbocycles. The van der Waals surface area contributed by atoms with Crippen molar-refractivity contribution in [2.45, 2.75) is 4.90 Å². The molecule has 18 heavy (non-hydrogen) atoms. The van der Waals surface area contributed by atoms with Crippen molar-refractivity contribution in [2.75, 3.05) is 7.11 Å². The fraction of sp³-hybridized carbons (Fsp3) is 0.0769. The second kappa shape index (κ2) is 5.00. The summed E-state index contributed by atoms with van der Waals surface area (Å²) < 4.78 is 27.4. The summed E-state index contributed by atoms with van der Waals surface area (Å²) in [6.45, 7) is 0. The standard InChI is InChI=1S/C13H11ClO3S/c1-17-12-4-2-3-11(9-12)10-5-7-13(8-6-10)18(14,15)16/h2-9H,1H3. The quantitative estimate of drug-likeness (QED) is 0.812. The maximum absolute atomic E-state index is 11.1. The summed E-state index contributed by atoms with van der Waals surface area (Å²) in [5.41, 5.74) is 1.85. The number of halogens is 1. The molecular weight excluding hydrogens is 272 g/mol. The van der Waals surface area contributed by atoms with E-state index in [1.807, 2.05) is 24.3 Å². The fourth-order valence-corrected chi connectivity index (χ4v) is 2.38. The van der Waals surface area contributed by atoms with Gasteiger partial charge in [-0.1, -0.05) is 24.3 Å². The lowest BCUT2D eigenvalue weighted by molar-refractivity contribution is 0.415. The summed E-state index contributed by atoms with van der Waals surface area (Å²) in [4.78, 5) is 0.0933. The first kappa shape index (κ1) is 12.9. The van der Waals surface area contributed by atoms with Gasteiger partial charge in [0.05, 0.1) is 12.0 Å². The van der Waals surface area contributed by atoms with Crippen molar-refractivity contribution in [1.29, 1.82) is 0 Å². The maximum atomic E-state index is 11.1. The third-order valence-electron chi connectivity index (χ3n) is 2.54. The average Bonchev–Trinajstić information content (AvgIpc) is 2.38. The van der Waals surface area contributed by atoms with Gasteiger partial charge in [0.2, 0.25) is 0 Å². The molecule has 2 rings (SSSR count). The molecule has 0 saturated carbocycles. The molecule has 0 atom stereocenters. The van der Waals surface area contributed by atoms with E-state index < -0.39 is 9.05 Å². The Bertz CT molecular complexity index is 648. The van der Waals surface area contributed by atoms with Crippen molar-refractivity contribution in [3.8, 4) is 16.9 Å². The van der Waals surface area contributed by atoms with E-state index in [2.05, 4.69) is 0 Å². The molecule has 2 aromatic rings. The smallest absolute Gasteiger partial charge is 0.261 e. The van der Waals surface area contributed by atoms with E-state index in [0.717, 1.165) is 16.9 Å². The molecule has 0 aliphatic rings. The van der Waals surface area contributed by atoms with Gasteiger partial charge in [0.15, 0.2) is 0 Å². The molecule has 0 radical (unpaired) electrons. The number of hydrogen-bond donors (Lipinski definition) is 0. The van der Waals surface area contributed by atoms with E-state index in [-0.39, 0.29) is 4.90 Å². The molecular formula is C13H11ClO3S. The van der Waals surface area contributed by atoms with Gasteiger partial charge < -0.3 is 4.74 Å². The highest BCUT2D eigenvalue weighted by atomic mass is 35.7. The van der Waals surface area contributed by atoms with Crippen molar-refractivity contribution < 1.29 is 13.2 Å². The molecule has 5 heteroatoms. The van der Waals surface area contributed by atoms with Crippen LogP contribution in [-0.4, -0.2) is 15.5 Å². The molecule has 0 aromatic heterocycles. The molecule has 0 N–H and O–H groups in total. The minimum atomic E-state index is -3.67. The second-order valence-corrected chi connectivity index (χ2v) is 6.26. The van der Waals surface area contributed by atoms with Crippen LogP contribution in [0.3, 0.4) is 0 Å². The Morgan fingerprint density at radius 1 is 1.00 bits per heavy atom. The average molecular weight is 283 g/mol. The highest BCUT2D eigenvalue weighted by Gasteiger charge is 2.09. The van der Waals surface area contributed by atoms with Crippen molar-refractivity contribution >= 4 is 19.7 Å².